The minimum Gasteiger partial charge on any atom is -0.504 e. The predicted octanol–water partition coefficient (Wildman–Crippen LogP) is 5.68. The zero-order chi connectivity index (χ0) is 22.3. The van der Waals surface area contributed by atoms with Crippen molar-refractivity contribution in [2.75, 3.05) is 10.6 Å². The Morgan fingerprint density at radius 1 is 1.10 bits per heavy atom. The maximum Gasteiger partial charge on any atom is 0.172 e. The van der Waals surface area contributed by atoms with Crippen LogP contribution in [0.4, 0.5) is 20.2 Å². The number of benzene rings is 3. The number of aromatic hydroxyl groups is 1. The van der Waals surface area contributed by atoms with Gasteiger partial charge in [0.2, 0.25) is 0 Å². The van der Waals surface area contributed by atoms with Gasteiger partial charge < -0.3 is 20.5 Å². The molecule has 31 heavy (non-hydrogen) atoms. The Balaban J connectivity index is 1.67. The lowest BCUT2D eigenvalue weighted by Gasteiger charge is -2.27. The normalized spacial score (nSPS) is 12.8. The van der Waals surface area contributed by atoms with Crippen LogP contribution >= 0.6 is 0 Å². The van der Waals surface area contributed by atoms with Crippen LogP contribution in [0.15, 0.2) is 54.0 Å². The molecule has 5 nitrogen and oxygen atoms in total. The fourth-order valence-electron chi connectivity index (χ4n) is 3.59. The Bertz CT molecular complexity index is 1190. The molecule has 0 aromatic heterocycles. The quantitative estimate of drug-likeness (QED) is 0.532. The highest BCUT2D eigenvalue weighted by Gasteiger charge is 2.21. The van der Waals surface area contributed by atoms with Gasteiger partial charge in [-0.2, -0.15) is 0 Å². The van der Waals surface area contributed by atoms with Crippen molar-refractivity contribution >= 4 is 23.4 Å². The molecule has 0 aliphatic carbocycles. The number of halogens is 2. The van der Waals surface area contributed by atoms with Crippen molar-refractivity contribution < 1.29 is 18.6 Å². The predicted molar refractivity (Wildman–Crippen MR) is 119 cm³/mol. The number of phenolic OH excluding ortho intramolecular Hbond substituents is 1. The van der Waals surface area contributed by atoms with E-state index in [0.717, 1.165) is 11.8 Å². The second-order valence-corrected chi connectivity index (χ2v) is 7.47. The number of anilines is 2. The molecule has 4 rings (SSSR count). The molecule has 0 radical (unpaired) electrons. The number of aryl methyl sites for hydroxylation is 2. The smallest absolute Gasteiger partial charge is 0.172 e. The first-order valence-corrected chi connectivity index (χ1v) is 9.58. The topological polar surface area (TPSA) is 71.1 Å². The molecule has 0 spiro atoms. The van der Waals surface area contributed by atoms with Crippen LogP contribution in [0.5, 0.6) is 17.2 Å². The molecule has 3 aromatic rings. The van der Waals surface area contributed by atoms with E-state index in [9.17, 15) is 13.9 Å². The molecule has 1 aliphatic heterocycles. The van der Waals surface area contributed by atoms with Crippen molar-refractivity contribution in [3.8, 4) is 17.2 Å². The highest BCUT2D eigenvalue weighted by Crippen LogP contribution is 2.39. The lowest BCUT2D eigenvalue weighted by atomic mass is 10.0. The molecule has 0 atom stereocenters. The Morgan fingerprint density at radius 3 is 2.58 bits per heavy atom. The summed E-state index contributed by atoms with van der Waals surface area (Å²) in [4.78, 5) is 6.08. The maximum atomic E-state index is 14.3. The average molecular weight is 421 g/mol. The Labute approximate surface area is 178 Å². The number of phenols is 1. The molecule has 3 aromatic carbocycles. The summed E-state index contributed by atoms with van der Waals surface area (Å²) in [6.45, 7) is 7.60. The van der Waals surface area contributed by atoms with E-state index in [2.05, 4.69) is 11.6 Å². The maximum absolute atomic E-state index is 14.3. The van der Waals surface area contributed by atoms with Crippen molar-refractivity contribution in [3.63, 3.8) is 0 Å². The summed E-state index contributed by atoms with van der Waals surface area (Å²) in [5.74, 6) is -0.492. The number of aliphatic imine (C=N–C) groups is 1. The van der Waals surface area contributed by atoms with Gasteiger partial charge in [-0.1, -0.05) is 6.58 Å². The summed E-state index contributed by atoms with van der Waals surface area (Å²) < 4.78 is 33.7. The van der Waals surface area contributed by atoms with Crippen molar-refractivity contribution in [2.45, 2.75) is 20.4 Å². The molecule has 0 amide bonds. The average Bonchev–Trinajstić information content (AvgIpc) is 2.69. The van der Waals surface area contributed by atoms with Gasteiger partial charge in [-0.15, -0.1) is 0 Å². The minimum atomic E-state index is -0.608. The molecule has 1 aliphatic rings. The summed E-state index contributed by atoms with van der Waals surface area (Å²) in [6.07, 6.45) is 1.57. The Hall–Kier alpha value is -3.87. The van der Waals surface area contributed by atoms with Crippen LogP contribution < -0.4 is 15.4 Å². The van der Waals surface area contributed by atoms with Gasteiger partial charge in [0.1, 0.15) is 17.4 Å². The van der Waals surface area contributed by atoms with Gasteiger partial charge in [-0.25, -0.2) is 13.8 Å². The SMILES string of the molecule is C=C1N=CN(Cc2c(C)cc(F)cc2F)c2ccc(Oc3c(C)cc(N)cc3O)cc21. The number of hydrogen-bond donors (Lipinski definition) is 2. The molecule has 7 heteroatoms. The van der Waals surface area contributed by atoms with Gasteiger partial charge in [0.15, 0.2) is 11.5 Å². The third-order valence-electron chi connectivity index (χ3n) is 5.15. The number of nitrogens with two attached hydrogens (primary N) is 1. The van der Waals surface area contributed by atoms with Crippen LogP contribution in [0.2, 0.25) is 0 Å². The summed E-state index contributed by atoms with van der Waals surface area (Å²) in [5, 5.41) is 10.2. The fourth-order valence-corrected chi connectivity index (χ4v) is 3.59. The molecule has 0 unspecified atom stereocenters. The molecular formula is C24H21F2N3O2. The molecular weight excluding hydrogens is 400 g/mol. The molecule has 0 fully saturated rings. The lowest BCUT2D eigenvalue weighted by Crippen LogP contribution is -2.25. The van der Waals surface area contributed by atoms with E-state index in [-0.39, 0.29) is 12.3 Å². The third-order valence-corrected chi connectivity index (χ3v) is 5.15. The molecule has 0 bridgehead atoms. The largest absolute Gasteiger partial charge is 0.504 e. The number of nitrogen functional groups attached to an aromatic ring is 1. The van der Waals surface area contributed by atoms with Crippen LogP contribution in [0.3, 0.4) is 0 Å². The van der Waals surface area contributed by atoms with Crippen molar-refractivity contribution in [1.29, 1.82) is 0 Å². The summed E-state index contributed by atoms with van der Waals surface area (Å²) in [5.41, 5.74) is 9.76. The fraction of sp³-hybridized carbons (Fsp3) is 0.125. The van der Waals surface area contributed by atoms with Crippen molar-refractivity contribution in [3.05, 3.63) is 82.9 Å². The number of hydrogen-bond acceptors (Lipinski definition) is 5. The first kappa shape index (κ1) is 20.4. The van der Waals surface area contributed by atoms with E-state index in [1.165, 1.54) is 12.1 Å². The monoisotopic (exact) mass is 421 g/mol. The summed E-state index contributed by atoms with van der Waals surface area (Å²) >= 11 is 0. The first-order chi connectivity index (χ1) is 14.7. The zero-order valence-electron chi connectivity index (χ0n) is 17.1. The standard InChI is InChI=1S/C24H21F2N3O2/c1-13-6-16(25)8-21(26)20(13)11-29-12-28-15(3)19-10-18(4-5-22(19)29)31-24-14(2)7-17(27)9-23(24)30/h4-10,12,30H,3,11,27H2,1-2H3. The van der Waals surface area contributed by atoms with Gasteiger partial charge in [-0.05, 0) is 55.3 Å². The molecule has 3 N–H and O–H groups in total. The molecule has 1 heterocycles. The molecule has 0 saturated carbocycles. The minimum absolute atomic E-state index is 0.0593. The van der Waals surface area contributed by atoms with E-state index in [0.29, 0.717) is 45.1 Å². The number of rotatable bonds is 4. The first-order valence-electron chi connectivity index (χ1n) is 9.58. The van der Waals surface area contributed by atoms with E-state index >= 15 is 0 Å². The van der Waals surface area contributed by atoms with Gasteiger partial charge in [0.25, 0.3) is 0 Å². The Kier molecular flexibility index (Phi) is 5.10. The van der Waals surface area contributed by atoms with Crippen LogP contribution in [0.1, 0.15) is 22.3 Å². The highest BCUT2D eigenvalue weighted by molar-refractivity contribution is 5.94. The van der Waals surface area contributed by atoms with E-state index in [4.69, 9.17) is 10.5 Å². The van der Waals surface area contributed by atoms with Gasteiger partial charge >= 0.3 is 0 Å². The molecule has 0 saturated heterocycles. The van der Waals surface area contributed by atoms with Crippen LogP contribution in [0.25, 0.3) is 5.70 Å². The molecule has 158 valence electrons. The number of nitrogens with zero attached hydrogens (tertiary/aromatic N) is 2. The van der Waals surface area contributed by atoms with Crippen LogP contribution in [0, 0.1) is 25.5 Å². The second kappa shape index (κ2) is 7.75. The van der Waals surface area contributed by atoms with E-state index < -0.39 is 11.6 Å². The van der Waals surface area contributed by atoms with E-state index in [1.54, 1.807) is 43.3 Å². The van der Waals surface area contributed by atoms with Gasteiger partial charge in [0.05, 0.1) is 24.3 Å². The van der Waals surface area contributed by atoms with E-state index in [1.807, 2.05) is 6.07 Å². The lowest BCUT2D eigenvalue weighted by molar-refractivity contribution is 0.409. The second-order valence-electron chi connectivity index (χ2n) is 7.47. The summed E-state index contributed by atoms with van der Waals surface area (Å²) in [7, 11) is 0. The summed E-state index contributed by atoms with van der Waals surface area (Å²) in [6, 6.07) is 10.6. The van der Waals surface area contributed by atoms with Gasteiger partial charge in [0, 0.05) is 28.9 Å². The number of fused-ring (bicyclic) bond motifs is 1. The Morgan fingerprint density at radius 2 is 1.87 bits per heavy atom. The number of ether oxygens (including phenoxy) is 1. The van der Waals surface area contributed by atoms with Crippen LogP contribution in [-0.4, -0.2) is 11.4 Å². The van der Waals surface area contributed by atoms with Crippen molar-refractivity contribution in [2.24, 2.45) is 4.99 Å². The highest BCUT2D eigenvalue weighted by atomic mass is 19.1. The third kappa shape index (κ3) is 3.94. The van der Waals surface area contributed by atoms with Crippen LogP contribution in [-0.2, 0) is 6.54 Å². The van der Waals surface area contributed by atoms with Gasteiger partial charge in [-0.3, -0.25) is 0 Å². The van der Waals surface area contributed by atoms with Crippen molar-refractivity contribution in [1.82, 2.24) is 0 Å². The zero-order valence-corrected chi connectivity index (χ0v) is 17.1.